The lowest BCUT2D eigenvalue weighted by Gasteiger charge is -2.38. The van der Waals surface area contributed by atoms with E-state index in [2.05, 4.69) is 26.0 Å². The highest BCUT2D eigenvalue weighted by atomic mass is 16.5. The predicted octanol–water partition coefficient (Wildman–Crippen LogP) is 1.26. The number of tetrazole rings is 1. The molecule has 26 heavy (non-hydrogen) atoms. The molecule has 2 aromatic heterocycles. The van der Waals surface area contributed by atoms with Crippen molar-refractivity contribution in [2.45, 2.75) is 38.5 Å². The molecule has 2 aromatic rings. The first-order chi connectivity index (χ1) is 12.7. The Morgan fingerprint density at radius 1 is 1.46 bits per heavy atom. The SMILES string of the molecule is Cn1nnnc1NCC12CCCCC1CN(C(=O)CCc1ccon1)C2. The second-order valence-electron chi connectivity index (χ2n) is 7.55. The lowest BCUT2D eigenvalue weighted by molar-refractivity contribution is -0.130. The zero-order valence-corrected chi connectivity index (χ0v) is 15.1. The van der Waals surface area contributed by atoms with Gasteiger partial charge in [0.2, 0.25) is 11.9 Å². The number of fused-ring (bicyclic) bond motifs is 1. The van der Waals surface area contributed by atoms with Gasteiger partial charge in [-0.1, -0.05) is 23.1 Å². The number of nitrogens with zero attached hydrogens (tertiary/aromatic N) is 6. The van der Waals surface area contributed by atoms with Gasteiger partial charge in [-0.3, -0.25) is 4.79 Å². The zero-order chi connectivity index (χ0) is 18.0. The number of hydrogen-bond donors (Lipinski definition) is 1. The molecule has 9 heteroatoms. The summed E-state index contributed by atoms with van der Waals surface area (Å²) < 4.78 is 6.48. The minimum Gasteiger partial charge on any atom is -0.365 e. The number of nitrogens with one attached hydrogen (secondary N) is 1. The molecule has 0 radical (unpaired) electrons. The van der Waals surface area contributed by atoms with Crippen LogP contribution < -0.4 is 5.32 Å². The van der Waals surface area contributed by atoms with Gasteiger partial charge in [-0.2, -0.15) is 0 Å². The van der Waals surface area contributed by atoms with Gasteiger partial charge in [-0.25, -0.2) is 4.68 Å². The fraction of sp³-hybridized carbons (Fsp3) is 0.706. The summed E-state index contributed by atoms with van der Waals surface area (Å²) in [6, 6.07) is 1.82. The van der Waals surface area contributed by atoms with Crippen LogP contribution in [0.2, 0.25) is 0 Å². The maximum absolute atomic E-state index is 12.7. The first kappa shape index (κ1) is 17.0. The fourth-order valence-corrected chi connectivity index (χ4v) is 4.45. The third-order valence-electron chi connectivity index (χ3n) is 5.95. The number of aromatic nitrogens is 5. The summed E-state index contributed by atoms with van der Waals surface area (Å²) in [5.41, 5.74) is 0.953. The van der Waals surface area contributed by atoms with E-state index < -0.39 is 0 Å². The van der Waals surface area contributed by atoms with Crippen molar-refractivity contribution in [2.24, 2.45) is 18.4 Å². The van der Waals surface area contributed by atoms with E-state index in [1.807, 2.05) is 18.0 Å². The molecule has 4 rings (SSSR count). The number of amides is 1. The normalized spacial score (nSPS) is 25.3. The molecule has 1 amide bonds. The minimum absolute atomic E-state index is 0.119. The second-order valence-corrected chi connectivity index (χ2v) is 7.55. The van der Waals surface area contributed by atoms with Crippen LogP contribution in [0, 0.1) is 11.3 Å². The molecule has 2 atom stereocenters. The average Bonchev–Trinajstić information content (AvgIpc) is 3.37. The maximum atomic E-state index is 12.7. The summed E-state index contributed by atoms with van der Waals surface area (Å²) >= 11 is 0. The van der Waals surface area contributed by atoms with Gasteiger partial charge in [0.1, 0.15) is 6.26 Å². The van der Waals surface area contributed by atoms with E-state index in [4.69, 9.17) is 4.52 Å². The molecule has 3 heterocycles. The highest BCUT2D eigenvalue weighted by Gasteiger charge is 2.48. The summed E-state index contributed by atoms with van der Waals surface area (Å²) in [6.07, 6.45) is 7.46. The van der Waals surface area contributed by atoms with Crippen molar-refractivity contribution in [1.82, 2.24) is 30.3 Å². The Morgan fingerprint density at radius 3 is 3.15 bits per heavy atom. The van der Waals surface area contributed by atoms with Crippen LogP contribution in [0.4, 0.5) is 5.95 Å². The van der Waals surface area contributed by atoms with E-state index >= 15 is 0 Å². The van der Waals surface area contributed by atoms with Crippen LogP contribution in [-0.2, 0) is 18.3 Å². The molecule has 2 fully saturated rings. The van der Waals surface area contributed by atoms with Crippen molar-refractivity contribution in [1.29, 1.82) is 0 Å². The summed E-state index contributed by atoms with van der Waals surface area (Å²) in [5, 5.41) is 18.9. The summed E-state index contributed by atoms with van der Waals surface area (Å²) in [7, 11) is 1.83. The van der Waals surface area contributed by atoms with Crippen molar-refractivity contribution in [3.63, 3.8) is 0 Å². The van der Waals surface area contributed by atoms with Gasteiger partial charge in [0, 0.05) is 51.0 Å². The molecule has 2 unspecified atom stereocenters. The molecular formula is C17H25N7O2. The van der Waals surface area contributed by atoms with Crippen molar-refractivity contribution >= 4 is 11.9 Å². The summed E-state index contributed by atoms with van der Waals surface area (Å²) in [5.74, 6) is 1.43. The Hall–Kier alpha value is -2.45. The molecule has 1 aliphatic carbocycles. The third kappa shape index (κ3) is 3.30. The van der Waals surface area contributed by atoms with Gasteiger partial charge in [-0.15, -0.1) is 0 Å². The fourth-order valence-electron chi connectivity index (χ4n) is 4.45. The highest BCUT2D eigenvalue weighted by Crippen LogP contribution is 2.46. The van der Waals surface area contributed by atoms with E-state index in [1.165, 1.54) is 19.3 Å². The molecule has 9 nitrogen and oxygen atoms in total. The average molecular weight is 359 g/mol. The molecule has 1 saturated heterocycles. The van der Waals surface area contributed by atoms with Crippen molar-refractivity contribution in [3.8, 4) is 0 Å². The summed E-state index contributed by atoms with van der Waals surface area (Å²) in [4.78, 5) is 14.8. The Labute approximate surface area is 152 Å². The van der Waals surface area contributed by atoms with Crippen LogP contribution in [0.3, 0.4) is 0 Å². The molecule has 1 saturated carbocycles. The zero-order valence-electron chi connectivity index (χ0n) is 15.1. The van der Waals surface area contributed by atoms with E-state index in [1.54, 1.807) is 10.9 Å². The van der Waals surface area contributed by atoms with Crippen LogP contribution >= 0.6 is 0 Å². The molecule has 1 aliphatic heterocycles. The van der Waals surface area contributed by atoms with E-state index in [0.717, 1.165) is 31.7 Å². The first-order valence-electron chi connectivity index (χ1n) is 9.29. The molecule has 0 bridgehead atoms. The lowest BCUT2D eigenvalue weighted by Crippen LogP contribution is -2.40. The van der Waals surface area contributed by atoms with E-state index in [9.17, 15) is 4.79 Å². The highest BCUT2D eigenvalue weighted by molar-refractivity contribution is 5.77. The summed E-state index contributed by atoms with van der Waals surface area (Å²) in [6.45, 7) is 2.48. The van der Waals surface area contributed by atoms with Gasteiger partial charge in [0.05, 0.1) is 5.69 Å². The predicted molar refractivity (Wildman–Crippen MR) is 93.1 cm³/mol. The van der Waals surface area contributed by atoms with Crippen LogP contribution in [0.25, 0.3) is 0 Å². The molecule has 140 valence electrons. The van der Waals surface area contributed by atoms with E-state index in [-0.39, 0.29) is 11.3 Å². The van der Waals surface area contributed by atoms with Gasteiger partial charge in [-0.05, 0) is 29.2 Å². The van der Waals surface area contributed by atoms with Crippen LogP contribution in [0.1, 0.15) is 37.8 Å². The van der Waals surface area contributed by atoms with Crippen molar-refractivity contribution in [2.75, 3.05) is 25.0 Å². The van der Waals surface area contributed by atoms with Crippen molar-refractivity contribution in [3.05, 3.63) is 18.0 Å². The number of hydrogen-bond acceptors (Lipinski definition) is 7. The number of carbonyl (C=O) groups excluding carboxylic acids is 1. The molecule has 1 N–H and O–H groups in total. The number of rotatable bonds is 6. The number of aryl methyl sites for hydroxylation is 2. The van der Waals surface area contributed by atoms with Crippen LogP contribution in [-0.4, -0.2) is 55.8 Å². The minimum atomic E-state index is 0.119. The standard InChI is InChI=1S/C17H25N7O2/c1-23-16(19-21-22-23)18-11-17-8-3-2-4-13(17)10-24(12-17)15(25)6-5-14-7-9-26-20-14/h7,9,13H,2-6,8,10-12H2,1H3,(H,18,19,22). The largest absolute Gasteiger partial charge is 0.365 e. The molecular weight excluding hydrogens is 334 g/mol. The third-order valence-corrected chi connectivity index (χ3v) is 5.95. The molecule has 0 aromatic carbocycles. The van der Waals surface area contributed by atoms with Crippen LogP contribution in [0.15, 0.2) is 16.9 Å². The topological polar surface area (TPSA) is 102 Å². The number of anilines is 1. The van der Waals surface area contributed by atoms with Crippen LogP contribution in [0.5, 0.6) is 0 Å². The van der Waals surface area contributed by atoms with Gasteiger partial charge in [0.15, 0.2) is 0 Å². The number of carbonyl (C=O) groups is 1. The smallest absolute Gasteiger partial charge is 0.242 e. The Balaban J connectivity index is 1.40. The van der Waals surface area contributed by atoms with Gasteiger partial charge in [0.25, 0.3) is 0 Å². The Bertz CT molecular complexity index is 744. The number of likely N-dealkylation sites (tertiary alicyclic amines) is 1. The maximum Gasteiger partial charge on any atom is 0.242 e. The lowest BCUT2D eigenvalue weighted by atomic mass is 9.68. The first-order valence-corrected chi connectivity index (χ1v) is 9.29. The van der Waals surface area contributed by atoms with Crippen molar-refractivity contribution < 1.29 is 9.32 Å². The monoisotopic (exact) mass is 359 g/mol. The molecule has 0 spiro atoms. The quantitative estimate of drug-likeness (QED) is 0.828. The van der Waals surface area contributed by atoms with E-state index in [0.29, 0.717) is 24.7 Å². The van der Waals surface area contributed by atoms with Gasteiger partial charge >= 0.3 is 0 Å². The van der Waals surface area contributed by atoms with Gasteiger partial charge < -0.3 is 14.7 Å². The second kappa shape index (κ2) is 7.05. The Kier molecular flexibility index (Phi) is 4.60. The molecule has 2 aliphatic rings. The Morgan fingerprint density at radius 2 is 2.38 bits per heavy atom.